The van der Waals surface area contributed by atoms with Crippen LogP contribution < -0.4 is 4.74 Å². The van der Waals surface area contributed by atoms with E-state index >= 15 is 0 Å². The van der Waals surface area contributed by atoms with Crippen LogP contribution in [0, 0.1) is 11.6 Å². The molecule has 0 saturated heterocycles. The topological polar surface area (TPSA) is 63.6 Å². The molecule has 3 aromatic carbocycles. The molecule has 0 heterocycles. The maximum absolute atomic E-state index is 13.6. The fourth-order valence-corrected chi connectivity index (χ4v) is 2.09. The highest BCUT2D eigenvalue weighted by Gasteiger charge is 2.08. The number of hydrogen-bond donors (Lipinski definition) is 1. The molecule has 0 fully saturated rings. The third-order valence-electron chi connectivity index (χ3n) is 3.49. The molecule has 0 amide bonds. The van der Waals surface area contributed by atoms with Crippen molar-refractivity contribution in [2.24, 2.45) is 0 Å². The van der Waals surface area contributed by atoms with Crippen molar-refractivity contribution in [2.45, 2.75) is 6.61 Å². The lowest BCUT2D eigenvalue weighted by Gasteiger charge is -2.07. The van der Waals surface area contributed by atoms with E-state index in [0.717, 1.165) is 5.56 Å². The van der Waals surface area contributed by atoms with Crippen LogP contribution in [0.4, 0.5) is 8.78 Å². The van der Waals surface area contributed by atoms with Gasteiger partial charge >= 0.3 is 0 Å². The van der Waals surface area contributed by atoms with E-state index in [-0.39, 0.29) is 23.5 Å². The summed E-state index contributed by atoms with van der Waals surface area (Å²) in [5.74, 6) is -1.88. The fourth-order valence-electron chi connectivity index (χ4n) is 2.09. The number of carbonyl (C=O) groups is 2. The number of aromatic hydroxyl groups is 1. The number of halogens is 2. The van der Waals surface area contributed by atoms with Gasteiger partial charge in [0.05, 0.1) is 11.1 Å². The van der Waals surface area contributed by atoms with Crippen LogP contribution in [-0.4, -0.2) is 17.7 Å². The van der Waals surface area contributed by atoms with Gasteiger partial charge in [-0.15, -0.1) is 0 Å². The average Bonchev–Trinajstić information content (AvgIpc) is 2.70. The summed E-state index contributed by atoms with van der Waals surface area (Å²) in [5.41, 5.74) is 0.832. The Bertz CT molecular complexity index is 911. The molecular formula is C21H16F2O4. The summed E-state index contributed by atoms with van der Waals surface area (Å²) in [6, 6.07) is 17.8. The first-order valence-electron chi connectivity index (χ1n) is 7.90. The van der Waals surface area contributed by atoms with Crippen LogP contribution in [-0.2, 0) is 6.61 Å². The zero-order chi connectivity index (χ0) is 19.6. The maximum atomic E-state index is 13.6. The second-order valence-corrected chi connectivity index (χ2v) is 5.35. The third kappa shape index (κ3) is 5.47. The van der Waals surface area contributed by atoms with Crippen LogP contribution in [0.1, 0.15) is 26.3 Å². The van der Waals surface area contributed by atoms with E-state index in [1.165, 1.54) is 30.3 Å². The Morgan fingerprint density at radius 3 is 1.96 bits per heavy atom. The molecule has 0 aliphatic heterocycles. The summed E-state index contributed by atoms with van der Waals surface area (Å²) in [5, 5.41) is 8.70. The highest BCUT2D eigenvalue weighted by Crippen LogP contribution is 2.20. The van der Waals surface area contributed by atoms with Crippen molar-refractivity contribution in [3.63, 3.8) is 0 Å². The zero-order valence-electron chi connectivity index (χ0n) is 14.1. The maximum Gasteiger partial charge on any atom is 0.175 e. The van der Waals surface area contributed by atoms with Crippen molar-refractivity contribution in [1.82, 2.24) is 0 Å². The van der Waals surface area contributed by atoms with E-state index < -0.39 is 17.4 Å². The summed E-state index contributed by atoms with van der Waals surface area (Å²) in [6.07, 6.45) is 0.833. The average molecular weight is 370 g/mol. The molecule has 3 aromatic rings. The Balaban J connectivity index is 0.000000223. The van der Waals surface area contributed by atoms with Crippen molar-refractivity contribution in [2.75, 3.05) is 0 Å². The summed E-state index contributed by atoms with van der Waals surface area (Å²) >= 11 is 0. The van der Waals surface area contributed by atoms with Crippen molar-refractivity contribution in [3.8, 4) is 11.5 Å². The van der Waals surface area contributed by atoms with Crippen molar-refractivity contribution < 1.29 is 28.2 Å². The number of phenolic OH excluding ortho intramolecular Hbond substituents is 1. The minimum Gasteiger partial charge on any atom is -0.505 e. The standard InChI is InChI=1S/C14H11FO2.C7H5FO2/c15-14-12(9-16)7-4-8-13(14)17-10-11-5-2-1-3-6-11;8-7-5(4-9)2-1-3-6(7)10/h1-9H,10H2;1-4,10H. The molecule has 0 radical (unpaired) electrons. The number of benzene rings is 3. The lowest BCUT2D eigenvalue weighted by molar-refractivity contribution is 0.111. The SMILES string of the molecule is O=Cc1cccc(O)c1F.O=Cc1cccc(OCc2ccccc2)c1F. The van der Waals surface area contributed by atoms with E-state index in [4.69, 9.17) is 9.84 Å². The Hall–Kier alpha value is -3.54. The summed E-state index contributed by atoms with van der Waals surface area (Å²) < 4.78 is 31.5. The molecule has 27 heavy (non-hydrogen) atoms. The van der Waals surface area contributed by atoms with Gasteiger partial charge in [0.15, 0.2) is 35.7 Å². The molecule has 6 heteroatoms. The van der Waals surface area contributed by atoms with Crippen LogP contribution >= 0.6 is 0 Å². The first kappa shape index (κ1) is 19.8. The molecule has 0 atom stereocenters. The van der Waals surface area contributed by atoms with Gasteiger partial charge in [-0.05, 0) is 29.8 Å². The normalized spacial score (nSPS) is 9.70. The van der Waals surface area contributed by atoms with Crippen molar-refractivity contribution in [3.05, 3.63) is 95.1 Å². The monoisotopic (exact) mass is 370 g/mol. The third-order valence-corrected chi connectivity index (χ3v) is 3.49. The molecule has 0 saturated carbocycles. The Kier molecular flexibility index (Phi) is 7.19. The first-order valence-corrected chi connectivity index (χ1v) is 7.90. The van der Waals surface area contributed by atoms with Crippen LogP contribution in [0.15, 0.2) is 66.7 Å². The van der Waals surface area contributed by atoms with Gasteiger partial charge < -0.3 is 9.84 Å². The Labute approximate surface area is 154 Å². The van der Waals surface area contributed by atoms with Gasteiger partial charge in [-0.2, -0.15) is 0 Å². The molecule has 0 unspecified atom stereocenters. The van der Waals surface area contributed by atoms with Gasteiger partial charge in [-0.25, -0.2) is 8.78 Å². The molecule has 138 valence electrons. The van der Waals surface area contributed by atoms with E-state index in [2.05, 4.69) is 0 Å². The Morgan fingerprint density at radius 1 is 0.778 bits per heavy atom. The summed E-state index contributed by atoms with van der Waals surface area (Å²) in [7, 11) is 0. The zero-order valence-corrected chi connectivity index (χ0v) is 14.1. The molecule has 0 spiro atoms. The van der Waals surface area contributed by atoms with E-state index in [1.54, 1.807) is 6.07 Å². The summed E-state index contributed by atoms with van der Waals surface area (Å²) in [6.45, 7) is 0.278. The molecule has 4 nitrogen and oxygen atoms in total. The number of ether oxygens (including phenoxy) is 1. The van der Waals surface area contributed by atoms with Crippen LogP contribution in [0.3, 0.4) is 0 Å². The van der Waals surface area contributed by atoms with Crippen molar-refractivity contribution >= 4 is 12.6 Å². The molecule has 3 rings (SSSR count). The van der Waals surface area contributed by atoms with Gasteiger partial charge in [0, 0.05) is 0 Å². The van der Waals surface area contributed by atoms with Crippen molar-refractivity contribution in [1.29, 1.82) is 0 Å². The van der Waals surface area contributed by atoms with Crippen LogP contribution in [0.25, 0.3) is 0 Å². The molecule has 0 aliphatic rings. The highest BCUT2D eigenvalue weighted by atomic mass is 19.1. The molecule has 0 aromatic heterocycles. The van der Waals surface area contributed by atoms with Gasteiger partial charge in [-0.3, -0.25) is 9.59 Å². The fraction of sp³-hybridized carbons (Fsp3) is 0.0476. The highest BCUT2D eigenvalue weighted by molar-refractivity contribution is 5.76. The molecule has 0 bridgehead atoms. The Morgan fingerprint density at radius 2 is 1.37 bits per heavy atom. The first-order chi connectivity index (χ1) is 13.1. The molecule has 0 aliphatic carbocycles. The number of rotatable bonds is 5. The van der Waals surface area contributed by atoms with Gasteiger partial charge in [-0.1, -0.05) is 42.5 Å². The quantitative estimate of drug-likeness (QED) is 0.669. The number of hydrogen-bond acceptors (Lipinski definition) is 4. The number of carbonyl (C=O) groups excluding carboxylic acids is 2. The predicted molar refractivity (Wildman–Crippen MR) is 96.0 cm³/mol. The largest absolute Gasteiger partial charge is 0.505 e. The summed E-state index contributed by atoms with van der Waals surface area (Å²) in [4.78, 5) is 20.6. The molecular weight excluding hydrogens is 354 g/mol. The van der Waals surface area contributed by atoms with E-state index in [9.17, 15) is 18.4 Å². The number of phenols is 1. The smallest absolute Gasteiger partial charge is 0.175 e. The number of aldehydes is 2. The lowest BCUT2D eigenvalue weighted by atomic mass is 10.2. The molecule has 1 N–H and O–H groups in total. The predicted octanol–water partition coefficient (Wildman–Crippen LogP) is 4.56. The minimum atomic E-state index is -0.863. The van der Waals surface area contributed by atoms with Gasteiger partial charge in [0.1, 0.15) is 6.61 Å². The van der Waals surface area contributed by atoms with Crippen LogP contribution in [0.2, 0.25) is 0 Å². The van der Waals surface area contributed by atoms with Gasteiger partial charge in [0.25, 0.3) is 0 Å². The van der Waals surface area contributed by atoms with Crippen LogP contribution in [0.5, 0.6) is 11.5 Å². The lowest BCUT2D eigenvalue weighted by Crippen LogP contribution is -1.99. The van der Waals surface area contributed by atoms with E-state index in [0.29, 0.717) is 12.6 Å². The minimum absolute atomic E-state index is 0.00978. The second kappa shape index (κ2) is 9.82. The van der Waals surface area contributed by atoms with E-state index in [1.807, 2.05) is 30.3 Å². The van der Waals surface area contributed by atoms with Gasteiger partial charge in [0.2, 0.25) is 0 Å². The second-order valence-electron chi connectivity index (χ2n) is 5.35.